The summed E-state index contributed by atoms with van der Waals surface area (Å²) in [5.41, 5.74) is 0. The third-order valence-corrected chi connectivity index (χ3v) is 4.26. The zero-order chi connectivity index (χ0) is 10.4. The van der Waals surface area contributed by atoms with E-state index in [2.05, 4.69) is 6.92 Å². The molecule has 0 aromatic heterocycles. The van der Waals surface area contributed by atoms with E-state index in [1.807, 2.05) is 22.6 Å². The van der Waals surface area contributed by atoms with E-state index < -0.39 is 0 Å². The van der Waals surface area contributed by atoms with Crippen LogP contribution < -0.4 is 0 Å². The third-order valence-electron chi connectivity index (χ3n) is 3.38. The molecule has 2 heteroatoms. The summed E-state index contributed by atoms with van der Waals surface area (Å²) in [6, 6.07) is 0. The van der Waals surface area contributed by atoms with Crippen molar-refractivity contribution in [2.24, 2.45) is 11.8 Å². The van der Waals surface area contributed by atoms with E-state index in [-0.39, 0.29) is 0 Å². The standard InChI is InChI=1S/C12H21IO/c1-2-3-4-5-10-6-8-11(9-7-10)12(13)14/h10-11H,2-9H2,1H3/t10-,11-. The first-order valence-electron chi connectivity index (χ1n) is 5.93. The first-order chi connectivity index (χ1) is 6.74. The highest BCUT2D eigenvalue weighted by Gasteiger charge is 2.24. The number of rotatable bonds is 5. The number of hydrogen-bond donors (Lipinski definition) is 0. The Kier molecular flexibility index (Phi) is 6.06. The Hall–Kier alpha value is 0.400. The number of carbonyl (C=O) groups is 1. The molecule has 82 valence electrons. The van der Waals surface area contributed by atoms with Crippen LogP contribution in [0.15, 0.2) is 0 Å². The summed E-state index contributed by atoms with van der Waals surface area (Å²) < 4.78 is 0.384. The fourth-order valence-electron chi connectivity index (χ4n) is 2.36. The summed E-state index contributed by atoms with van der Waals surface area (Å²) >= 11 is 1.96. The highest BCUT2D eigenvalue weighted by molar-refractivity contribution is 14.1. The van der Waals surface area contributed by atoms with E-state index in [1.54, 1.807) is 0 Å². The van der Waals surface area contributed by atoms with Gasteiger partial charge in [-0.25, -0.2) is 0 Å². The van der Waals surface area contributed by atoms with Crippen LogP contribution in [0.1, 0.15) is 58.3 Å². The minimum absolute atomic E-state index is 0.384. The highest BCUT2D eigenvalue weighted by Crippen LogP contribution is 2.33. The molecule has 0 unspecified atom stereocenters. The lowest BCUT2D eigenvalue weighted by molar-refractivity contribution is -0.113. The monoisotopic (exact) mass is 308 g/mol. The zero-order valence-corrected chi connectivity index (χ0v) is 11.3. The lowest BCUT2D eigenvalue weighted by atomic mass is 9.80. The molecule has 0 bridgehead atoms. The average Bonchev–Trinajstić information content (AvgIpc) is 2.19. The molecule has 14 heavy (non-hydrogen) atoms. The second kappa shape index (κ2) is 6.81. The van der Waals surface area contributed by atoms with Gasteiger partial charge in [-0.05, 0) is 54.2 Å². The van der Waals surface area contributed by atoms with Crippen LogP contribution in [0.5, 0.6) is 0 Å². The molecule has 0 saturated heterocycles. The van der Waals surface area contributed by atoms with Gasteiger partial charge >= 0.3 is 0 Å². The molecule has 0 heterocycles. The Labute approximate surface area is 101 Å². The van der Waals surface area contributed by atoms with Crippen LogP contribution in [0.3, 0.4) is 0 Å². The number of hydrogen-bond acceptors (Lipinski definition) is 1. The van der Waals surface area contributed by atoms with E-state index in [0.717, 1.165) is 18.8 Å². The first-order valence-corrected chi connectivity index (χ1v) is 7.01. The van der Waals surface area contributed by atoms with Gasteiger partial charge in [0.05, 0.1) is 0 Å². The summed E-state index contributed by atoms with van der Waals surface area (Å²) in [5.74, 6) is 1.31. The zero-order valence-electron chi connectivity index (χ0n) is 9.10. The van der Waals surface area contributed by atoms with Gasteiger partial charge in [0.15, 0.2) is 3.79 Å². The van der Waals surface area contributed by atoms with Gasteiger partial charge in [-0.1, -0.05) is 32.6 Å². The third kappa shape index (κ3) is 4.28. The molecule has 1 rings (SSSR count). The minimum Gasteiger partial charge on any atom is -0.287 e. The molecule has 0 radical (unpaired) electrons. The van der Waals surface area contributed by atoms with Crippen molar-refractivity contribution in [3.05, 3.63) is 0 Å². The fourth-order valence-corrected chi connectivity index (χ4v) is 2.98. The second-order valence-corrected chi connectivity index (χ2v) is 5.58. The van der Waals surface area contributed by atoms with Crippen molar-refractivity contribution in [3.8, 4) is 0 Å². The van der Waals surface area contributed by atoms with Crippen LogP contribution in [0.2, 0.25) is 0 Å². The van der Waals surface area contributed by atoms with Crippen molar-refractivity contribution in [1.29, 1.82) is 0 Å². The number of carbonyl (C=O) groups excluding carboxylic acids is 1. The molecule has 1 fully saturated rings. The van der Waals surface area contributed by atoms with Crippen molar-refractivity contribution in [3.63, 3.8) is 0 Å². The van der Waals surface area contributed by atoms with Crippen LogP contribution in [0.4, 0.5) is 0 Å². The van der Waals surface area contributed by atoms with E-state index in [1.165, 1.54) is 38.5 Å². The molecule has 0 aromatic carbocycles. The molecular formula is C12H21IO. The molecule has 1 aliphatic rings. The summed E-state index contributed by atoms with van der Waals surface area (Å²) in [6.45, 7) is 2.26. The number of unbranched alkanes of at least 4 members (excludes halogenated alkanes) is 2. The van der Waals surface area contributed by atoms with E-state index in [9.17, 15) is 4.79 Å². The van der Waals surface area contributed by atoms with Crippen LogP contribution in [0, 0.1) is 11.8 Å². The molecule has 0 aliphatic heterocycles. The van der Waals surface area contributed by atoms with Crippen molar-refractivity contribution in [1.82, 2.24) is 0 Å². The Morgan fingerprint density at radius 1 is 1.21 bits per heavy atom. The molecule has 1 nitrogen and oxygen atoms in total. The highest BCUT2D eigenvalue weighted by atomic mass is 127. The SMILES string of the molecule is CCCCC[C@H]1CC[C@H](C(=O)I)CC1. The first kappa shape index (κ1) is 12.5. The average molecular weight is 308 g/mol. The quantitative estimate of drug-likeness (QED) is 0.419. The summed E-state index contributed by atoms with van der Waals surface area (Å²) in [7, 11) is 0. The van der Waals surface area contributed by atoms with Crippen molar-refractivity contribution in [2.45, 2.75) is 58.3 Å². The smallest absolute Gasteiger partial charge is 0.195 e. The second-order valence-electron chi connectivity index (χ2n) is 4.52. The van der Waals surface area contributed by atoms with Crippen molar-refractivity contribution >= 4 is 26.4 Å². The molecule has 1 aliphatic carbocycles. The van der Waals surface area contributed by atoms with Gasteiger partial charge in [-0.3, -0.25) is 4.79 Å². The molecule has 0 N–H and O–H groups in total. The van der Waals surface area contributed by atoms with Gasteiger partial charge < -0.3 is 0 Å². The lowest BCUT2D eigenvalue weighted by Gasteiger charge is -2.26. The fraction of sp³-hybridized carbons (Fsp3) is 0.917. The van der Waals surface area contributed by atoms with Gasteiger partial charge in [0.25, 0.3) is 0 Å². The molecule has 0 aromatic rings. The molecule has 0 atom stereocenters. The van der Waals surface area contributed by atoms with Crippen LogP contribution in [-0.4, -0.2) is 3.79 Å². The van der Waals surface area contributed by atoms with E-state index in [4.69, 9.17) is 0 Å². The van der Waals surface area contributed by atoms with Crippen LogP contribution in [0.25, 0.3) is 0 Å². The summed E-state index contributed by atoms with van der Waals surface area (Å²) in [6.07, 6.45) is 10.4. The molecule has 0 amide bonds. The molecule has 1 saturated carbocycles. The van der Waals surface area contributed by atoms with Gasteiger partial charge in [0, 0.05) is 5.92 Å². The maximum Gasteiger partial charge on any atom is 0.195 e. The summed E-state index contributed by atoms with van der Waals surface area (Å²) in [5, 5.41) is 0. The van der Waals surface area contributed by atoms with Crippen LogP contribution in [-0.2, 0) is 4.79 Å². The van der Waals surface area contributed by atoms with Gasteiger partial charge in [0.2, 0.25) is 0 Å². The van der Waals surface area contributed by atoms with Gasteiger partial charge in [-0.15, -0.1) is 0 Å². The van der Waals surface area contributed by atoms with Crippen LogP contribution >= 0.6 is 22.6 Å². The largest absolute Gasteiger partial charge is 0.287 e. The Balaban J connectivity index is 2.12. The van der Waals surface area contributed by atoms with Crippen molar-refractivity contribution in [2.75, 3.05) is 0 Å². The van der Waals surface area contributed by atoms with Gasteiger partial charge in [0.1, 0.15) is 0 Å². The molecule has 0 spiro atoms. The maximum absolute atomic E-state index is 11.2. The maximum atomic E-state index is 11.2. The van der Waals surface area contributed by atoms with Gasteiger partial charge in [-0.2, -0.15) is 0 Å². The Morgan fingerprint density at radius 3 is 2.36 bits per heavy atom. The van der Waals surface area contributed by atoms with Crippen molar-refractivity contribution < 1.29 is 4.79 Å². The molecular weight excluding hydrogens is 287 g/mol. The predicted molar refractivity (Wildman–Crippen MR) is 68.6 cm³/mol. The summed E-state index contributed by atoms with van der Waals surface area (Å²) in [4.78, 5) is 11.2. The number of halogens is 1. The minimum atomic E-state index is 0.384. The Morgan fingerprint density at radius 2 is 1.86 bits per heavy atom. The van der Waals surface area contributed by atoms with E-state index >= 15 is 0 Å². The lowest BCUT2D eigenvalue weighted by Crippen LogP contribution is -2.18. The predicted octanol–water partition coefficient (Wildman–Crippen LogP) is 4.33. The van der Waals surface area contributed by atoms with E-state index in [0.29, 0.717) is 9.71 Å². The normalized spacial score (nSPS) is 27.6. The topological polar surface area (TPSA) is 17.1 Å². The Bertz CT molecular complexity index is 171.